The molecule has 0 fully saturated rings. The molecule has 0 aromatic rings. The highest BCUT2D eigenvalue weighted by Crippen LogP contribution is 2.55. The molecule has 22 heteroatoms. The van der Waals surface area contributed by atoms with Gasteiger partial charge in [-0.05, 0) is 20.8 Å². The molecule has 0 saturated heterocycles. The fraction of sp³-hybridized carbons (Fsp3) is 0.929. The second kappa shape index (κ2) is 10.9. The predicted octanol–water partition coefficient (Wildman–Crippen LogP) is 3.26. The molecule has 0 aliphatic rings. The van der Waals surface area contributed by atoms with Crippen LogP contribution in [0.4, 0.5) is 70.2 Å². The Balaban J connectivity index is 0. The molecule has 5 nitrogen and oxygen atoms in total. The zero-order valence-electron chi connectivity index (χ0n) is 17.7. The number of halogens is 16. The molecule has 36 heavy (non-hydrogen) atoms. The zero-order chi connectivity index (χ0) is 30.0. The highest BCUT2D eigenvalue weighted by Gasteiger charge is 2.85. The first kappa shape index (κ1) is 36.4. The van der Waals surface area contributed by atoms with Gasteiger partial charge in [0.25, 0.3) is 0 Å². The summed E-state index contributed by atoms with van der Waals surface area (Å²) in [5.41, 5.74) is 0. The highest BCUT2D eigenvalue weighted by molar-refractivity contribution is 7.91. The van der Waals surface area contributed by atoms with E-state index < -0.39 is 57.2 Å². The minimum atomic E-state index is -8.32. The average Bonchev–Trinajstić information content (AvgIpc) is 2.67. The third-order valence-electron chi connectivity index (χ3n) is 4.16. The van der Waals surface area contributed by atoms with Gasteiger partial charge >= 0.3 is 51.3 Å². The van der Waals surface area contributed by atoms with Gasteiger partial charge in [0, 0.05) is 0 Å². The van der Waals surface area contributed by atoms with E-state index in [0.29, 0.717) is 0 Å². The van der Waals surface area contributed by atoms with Crippen molar-refractivity contribution in [1.29, 1.82) is 0 Å². The molecule has 0 radical (unpaired) electrons. The van der Waals surface area contributed by atoms with E-state index in [0.717, 1.165) is 0 Å². The molecule has 0 spiro atoms. The molecule has 0 rings (SSSR count). The Labute approximate surface area is 191 Å². The summed E-state index contributed by atoms with van der Waals surface area (Å²) in [6, 6.07) is 0. The summed E-state index contributed by atoms with van der Waals surface area (Å²) in [6.07, 6.45) is -15.0. The van der Waals surface area contributed by atoms with Gasteiger partial charge < -0.3 is 10.0 Å². The van der Waals surface area contributed by atoms with Gasteiger partial charge in [0.2, 0.25) is 0 Å². The Bertz CT molecular complexity index is 855. The van der Waals surface area contributed by atoms with Crippen LogP contribution in [0.1, 0.15) is 20.8 Å². The lowest BCUT2D eigenvalue weighted by atomic mass is 10.1. The topological polar surface area (TPSA) is 74.0 Å². The van der Waals surface area contributed by atoms with Crippen LogP contribution in [-0.4, -0.2) is 75.2 Å². The van der Waals surface area contributed by atoms with Gasteiger partial charge in [0.1, 0.15) is 0 Å². The van der Waals surface area contributed by atoms with Crippen LogP contribution >= 0.6 is 0 Å². The summed E-state index contributed by atoms with van der Waals surface area (Å²) in [4.78, 5) is 1.68. The Hall–Kier alpha value is -1.74. The lowest BCUT2D eigenvalue weighted by molar-refractivity contribution is -0.894. The maximum absolute atomic E-state index is 13.1. The van der Waals surface area contributed by atoms with Crippen LogP contribution in [0.5, 0.6) is 0 Å². The van der Waals surface area contributed by atoms with Crippen molar-refractivity contribution in [3.63, 3.8) is 0 Å². The molecule has 0 bridgehead atoms. The van der Waals surface area contributed by atoms with Crippen LogP contribution in [-0.2, 0) is 10.0 Å². The van der Waals surface area contributed by atoms with Gasteiger partial charge in [-0.2, -0.15) is 83.1 Å². The minimum absolute atomic E-state index is 0.267. The van der Waals surface area contributed by atoms with E-state index in [1.165, 1.54) is 19.6 Å². The minimum Gasteiger partial charge on any atom is -0.857 e. The van der Waals surface area contributed by atoms with E-state index >= 15 is 0 Å². The molecule has 0 aromatic heterocycles. The Kier molecular flexibility index (Phi) is 11.1. The lowest BCUT2D eigenvalue weighted by Gasteiger charge is -2.33. The monoisotopic (exact) mass is 596 g/mol. The Morgan fingerprint density at radius 3 is 1.17 bits per heavy atom. The van der Waals surface area contributed by atoms with Crippen LogP contribution < -0.4 is 10.0 Å². The van der Waals surface area contributed by atoms with Gasteiger partial charge in [0.05, 0.1) is 25.5 Å². The number of rotatable bonds is 9. The first-order valence-electron chi connectivity index (χ1n) is 8.85. The highest BCUT2D eigenvalue weighted by atomic mass is 32.2. The van der Waals surface area contributed by atoms with E-state index in [1.807, 2.05) is 0 Å². The molecule has 0 aromatic carbocycles. The van der Waals surface area contributed by atoms with Crippen molar-refractivity contribution in [2.75, 3.05) is 19.6 Å². The molecule has 0 heterocycles. The molecule has 218 valence electrons. The average molecular weight is 596 g/mol. The number of nitrogens with one attached hydrogen (secondary N) is 1. The van der Waals surface area contributed by atoms with E-state index in [1.54, 1.807) is 4.90 Å². The van der Waals surface area contributed by atoms with Gasteiger partial charge in [-0.1, -0.05) is 0 Å². The molecule has 0 atom stereocenters. The van der Waals surface area contributed by atoms with Gasteiger partial charge in [0.15, 0.2) is 0 Å². The molecule has 1 N–H and O–H groups in total. The predicted molar refractivity (Wildman–Crippen MR) is 85.8 cm³/mol. The quantitative estimate of drug-likeness (QED) is 0.253. The standard InChI is InChI=1S/C8HF16NO3S.C6H15N/c9-2(10,3(11,12)6(17,18)19)1(26)25-29(27,28)8(23,24)5(15,16)4(13,14)7(20,21)22;1-4-7(5-2)6-3/h(H,25,26);4-6H2,1-3H3. The van der Waals surface area contributed by atoms with Crippen molar-refractivity contribution >= 4 is 15.9 Å². The third-order valence-corrected chi connectivity index (χ3v) is 5.47. The van der Waals surface area contributed by atoms with Gasteiger partial charge in [-0.3, -0.25) is 0 Å². The molecule has 0 amide bonds. The summed E-state index contributed by atoms with van der Waals surface area (Å²) in [5.74, 6) is -35.7. The van der Waals surface area contributed by atoms with E-state index in [9.17, 15) is 83.8 Å². The van der Waals surface area contributed by atoms with Crippen LogP contribution in [0.3, 0.4) is 0 Å². The third kappa shape index (κ3) is 6.57. The van der Waals surface area contributed by atoms with Crippen LogP contribution in [0.15, 0.2) is 4.40 Å². The van der Waals surface area contributed by atoms with Crippen molar-refractivity contribution in [2.24, 2.45) is 4.40 Å². The summed E-state index contributed by atoms with van der Waals surface area (Å²) in [5, 5.41) is 2.64. The van der Waals surface area contributed by atoms with E-state index in [2.05, 4.69) is 20.8 Å². The molecule has 0 aliphatic heterocycles. The van der Waals surface area contributed by atoms with Crippen molar-refractivity contribution in [1.82, 2.24) is 0 Å². The van der Waals surface area contributed by atoms with Crippen molar-refractivity contribution in [2.45, 2.75) is 62.1 Å². The smallest absolute Gasteiger partial charge is 0.460 e. The molecule has 0 unspecified atom stereocenters. The number of hydrogen-bond acceptors (Lipinski definition) is 3. The largest absolute Gasteiger partial charge is 0.857 e. The summed E-state index contributed by atoms with van der Waals surface area (Å²) in [7, 11) is -8.32. The van der Waals surface area contributed by atoms with Gasteiger partial charge in [-0.15, -0.1) is 0 Å². The molecule has 0 aliphatic carbocycles. The Morgan fingerprint density at radius 2 is 0.944 bits per heavy atom. The fourth-order valence-corrected chi connectivity index (χ4v) is 2.71. The number of quaternary nitrogens is 1. The SMILES string of the molecule is CC[NH+](CC)CC.O=S(=O)(/N=C(\[O-])C(F)(F)C(F)(F)C(F)(F)F)C(F)(F)C(F)(F)C(F)(F)C(F)(F)F. The van der Waals surface area contributed by atoms with Crippen molar-refractivity contribution in [3.05, 3.63) is 0 Å². The molecular weight excluding hydrogens is 580 g/mol. The summed E-state index contributed by atoms with van der Waals surface area (Å²) >= 11 is 0. The van der Waals surface area contributed by atoms with Crippen LogP contribution in [0.25, 0.3) is 0 Å². The first-order valence-corrected chi connectivity index (χ1v) is 10.3. The summed E-state index contributed by atoms with van der Waals surface area (Å²) in [6.45, 7) is 10.5. The second-order valence-corrected chi connectivity index (χ2v) is 8.14. The normalized spacial score (nSPS) is 15.6. The first-order chi connectivity index (χ1) is 15.5. The number of sulfonamides is 1. The maximum Gasteiger partial charge on any atom is 0.460 e. The second-order valence-electron chi connectivity index (χ2n) is 6.49. The molecule has 0 saturated carbocycles. The van der Waals surface area contributed by atoms with Crippen LogP contribution in [0, 0.1) is 0 Å². The van der Waals surface area contributed by atoms with E-state index in [4.69, 9.17) is 0 Å². The number of hydrogen-bond donors (Lipinski definition) is 1. The summed E-state index contributed by atoms with van der Waals surface area (Å²) < 4.78 is 220. The number of nitrogens with zero attached hydrogens (tertiary/aromatic N) is 1. The maximum atomic E-state index is 13.1. The lowest BCUT2D eigenvalue weighted by Crippen LogP contribution is -3.11. The number of alkyl halides is 16. The van der Waals surface area contributed by atoms with E-state index in [-0.39, 0.29) is 4.40 Å². The van der Waals surface area contributed by atoms with Crippen molar-refractivity contribution in [3.8, 4) is 0 Å². The Morgan fingerprint density at radius 1 is 0.639 bits per heavy atom. The van der Waals surface area contributed by atoms with Gasteiger partial charge in [-0.25, -0.2) is 0 Å². The zero-order valence-corrected chi connectivity index (χ0v) is 18.6. The molecular formula is C14H16F16N2O3S. The van der Waals surface area contributed by atoms with Crippen molar-refractivity contribution < 1.29 is 88.7 Å². The fourth-order valence-electron chi connectivity index (χ4n) is 1.81. The van der Waals surface area contributed by atoms with Crippen LogP contribution in [0.2, 0.25) is 0 Å².